The van der Waals surface area contributed by atoms with E-state index in [1.54, 1.807) is 7.11 Å². The Bertz CT molecular complexity index is 473. The Morgan fingerprint density at radius 1 is 1.14 bits per heavy atom. The van der Waals surface area contributed by atoms with Crippen LogP contribution in [-0.4, -0.2) is 25.6 Å². The van der Waals surface area contributed by atoms with Crippen molar-refractivity contribution in [1.29, 1.82) is 0 Å². The molecule has 0 aromatic heterocycles. The Balaban J connectivity index is 2.20. The van der Waals surface area contributed by atoms with Crippen molar-refractivity contribution in [3.05, 3.63) is 29.8 Å². The molecule has 122 valence electrons. The maximum atomic E-state index is 11.8. The van der Waals surface area contributed by atoms with Gasteiger partial charge < -0.3 is 14.8 Å². The molecule has 1 amide bonds. The topological polar surface area (TPSA) is 64.6 Å². The van der Waals surface area contributed by atoms with Crippen LogP contribution in [0.2, 0.25) is 0 Å². The van der Waals surface area contributed by atoms with E-state index in [1.165, 1.54) is 0 Å². The van der Waals surface area contributed by atoms with E-state index in [9.17, 15) is 9.59 Å². The van der Waals surface area contributed by atoms with Crippen molar-refractivity contribution in [2.75, 3.05) is 13.7 Å². The van der Waals surface area contributed by atoms with Gasteiger partial charge in [0.2, 0.25) is 5.91 Å². The van der Waals surface area contributed by atoms with Crippen molar-refractivity contribution >= 4 is 11.9 Å². The zero-order valence-electron chi connectivity index (χ0n) is 13.4. The number of hydrogen-bond acceptors (Lipinski definition) is 4. The molecule has 5 nitrogen and oxygen atoms in total. The van der Waals surface area contributed by atoms with Crippen LogP contribution < -0.4 is 10.1 Å². The highest BCUT2D eigenvalue weighted by atomic mass is 16.5. The van der Waals surface area contributed by atoms with Gasteiger partial charge in [-0.05, 0) is 18.9 Å². The average molecular weight is 307 g/mol. The van der Waals surface area contributed by atoms with Gasteiger partial charge in [-0.3, -0.25) is 9.59 Å². The van der Waals surface area contributed by atoms with E-state index in [4.69, 9.17) is 9.47 Å². The highest BCUT2D eigenvalue weighted by Gasteiger charge is 2.07. The molecule has 1 aromatic carbocycles. The fourth-order valence-corrected chi connectivity index (χ4v) is 1.93. The number of carbonyl (C=O) groups excluding carboxylic acids is 2. The molecule has 5 heteroatoms. The van der Waals surface area contributed by atoms with Crippen molar-refractivity contribution in [3.8, 4) is 5.75 Å². The van der Waals surface area contributed by atoms with Crippen LogP contribution >= 0.6 is 0 Å². The summed E-state index contributed by atoms with van der Waals surface area (Å²) in [5, 5.41) is 2.83. The van der Waals surface area contributed by atoms with Crippen LogP contribution in [0.15, 0.2) is 24.3 Å². The van der Waals surface area contributed by atoms with Crippen LogP contribution in [0, 0.1) is 0 Å². The normalized spacial score (nSPS) is 10.1. The van der Waals surface area contributed by atoms with Gasteiger partial charge in [-0.1, -0.05) is 31.5 Å². The summed E-state index contributed by atoms with van der Waals surface area (Å²) in [4.78, 5) is 23.1. The first-order chi connectivity index (χ1) is 10.7. The standard InChI is InChI=1S/C17H25NO4/c1-3-4-12-22-17(20)11-7-10-16(19)18-13-14-8-5-6-9-15(14)21-2/h5-6,8-9H,3-4,7,10-13H2,1-2H3,(H,18,19). The van der Waals surface area contributed by atoms with Gasteiger partial charge in [0.15, 0.2) is 0 Å². The maximum absolute atomic E-state index is 11.8. The van der Waals surface area contributed by atoms with Crippen molar-refractivity contribution in [1.82, 2.24) is 5.32 Å². The number of methoxy groups -OCH3 is 1. The predicted octanol–water partition coefficient (Wildman–Crippen LogP) is 2.83. The molecule has 0 unspecified atom stereocenters. The van der Waals surface area contributed by atoms with Gasteiger partial charge in [0, 0.05) is 24.9 Å². The van der Waals surface area contributed by atoms with E-state index in [-0.39, 0.29) is 18.3 Å². The number of ether oxygens (including phenoxy) is 2. The Morgan fingerprint density at radius 3 is 2.64 bits per heavy atom. The summed E-state index contributed by atoms with van der Waals surface area (Å²) < 4.78 is 10.3. The third kappa shape index (κ3) is 7.11. The molecular weight excluding hydrogens is 282 g/mol. The smallest absolute Gasteiger partial charge is 0.305 e. The lowest BCUT2D eigenvalue weighted by Crippen LogP contribution is -2.23. The summed E-state index contributed by atoms with van der Waals surface area (Å²) in [6.45, 7) is 2.93. The molecule has 0 fully saturated rings. The molecule has 0 radical (unpaired) electrons. The maximum Gasteiger partial charge on any atom is 0.305 e. The number of unbranched alkanes of at least 4 members (excludes halogenated alkanes) is 1. The molecule has 0 saturated carbocycles. The molecular formula is C17H25NO4. The van der Waals surface area contributed by atoms with Crippen molar-refractivity contribution in [2.24, 2.45) is 0 Å². The van der Waals surface area contributed by atoms with Gasteiger partial charge >= 0.3 is 5.97 Å². The zero-order chi connectivity index (χ0) is 16.2. The zero-order valence-corrected chi connectivity index (χ0v) is 13.4. The number of rotatable bonds is 10. The molecule has 0 saturated heterocycles. The first kappa shape index (κ1) is 18.0. The molecule has 1 N–H and O–H groups in total. The number of amides is 1. The fraction of sp³-hybridized carbons (Fsp3) is 0.529. The summed E-state index contributed by atoms with van der Waals surface area (Å²) in [6.07, 6.45) is 2.98. The van der Waals surface area contributed by atoms with Gasteiger partial charge in [-0.25, -0.2) is 0 Å². The molecule has 22 heavy (non-hydrogen) atoms. The largest absolute Gasteiger partial charge is 0.496 e. The summed E-state index contributed by atoms with van der Waals surface area (Å²) in [5.74, 6) is 0.445. The molecule has 1 rings (SSSR count). The lowest BCUT2D eigenvalue weighted by molar-refractivity contribution is -0.143. The molecule has 1 aromatic rings. The fourth-order valence-electron chi connectivity index (χ4n) is 1.93. The molecule has 0 aliphatic heterocycles. The van der Waals surface area contributed by atoms with E-state index < -0.39 is 0 Å². The van der Waals surface area contributed by atoms with Crippen LogP contribution in [0.3, 0.4) is 0 Å². The van der Waals surface area contributed by atoms with Crippen LogP contribution in [0.25, 0.3) is 0 Å². The van der Waals surface area contributed by atoms with Crippen LogP contribution in [-0.2, 0) is 20.9 Å². The van der Waals surface area contributed by atoms with Crippen LogP contribution in [0.4, 0.5) is 0 Å². The van der Waals surface area contributed by atoms with Crippen LogP contribution in [0.5, 0.6) is 5.75 Å². The SMILES string of the molecule is CCCCOC(=O)CCCC(=O)NCc1ccccc1OC. The van der Waals surface area contributed by atoms with Crippen molar-refractivity contribution < 1.29 is 19.1 Å². The number of hydrogen-bond donors (Lipinski definition) is 1. The lowest BCUT2D eigenvalue weighted by Gasteiger charge is -2.09. The minimum atomic E-state index is -0.231. The molecule has 0 spiro atoms. The molecule has 0 aliphatic carbocycles. The highest BCUT2D eigenvalue weighted by Crippen LogP contribution is 2.16. The monoisotopic (exact) mass is 307 g/mol. The summed E-state index contributed by atoms with van der Waals surface area (Å²) in [5.41, 5.74) is 0.928. The van der Waals surface area contributed by atoms with E-state index in [0.29, 0.717) is 26.0 Å². The minimum Gasteiger partial charge on any atom is -0.496 e. The number of esters is 1. The lowest BCUT2D eigenvalue weighted by atomic mass is 10.2. The Labute approximate surface area is 132 Å². The second-order valence-electron chi connectivity index (χ2n) is 5.02. The van der Waals surface area contributed by atoms with Crippen molar-refractivity contribution in [2.45, 2.75) is 45.6 Å². The molecule has 0 bridgehead atoms. The number of nitrogens with one attached hydrogen (secondary N) is 1. The quantitative estimate of drug-likeness (QED) is 0.533. The minimum absolute atomic E-state index is 0.0766. The average Bonchev–Trinajstić information content (AvgIpc) is 2.53. The molecule has 0 aliphatic rings. The number of carbonyl (C=O) groups is 2. The highest BCUT2D eigenvalue weighted by molar-refractivity contribution is 5.77. The second-order valence-corrected chi connectivity index (χ2v) is 5.02. The van der Waals surface area contributed by atoms with Gasteiger partial charge in [0.05, 0.1) is 13.7 Å². The molecule has 0 atom stereocenters. The first-order valence-electron chi connectivity index (χ1n) is 7.71. The van der Waals surface area contributed by atoms with Gasteiger partial charge in [-0.2, -0.15) is 0 Å². The molecule has 0 heterocycles. The third-order valence-electron chi connectivity index (χ3n) is 3.21. The Morgan fingerprint density at radius 2 is 1.91 bits per heavy atom. The number of para-hydroxylation sites is 1. The third-order valence-corrected chi connectivity index (χ3v) is 3.21. The van der Waals surface area contributed by atoms with E-state index >= 15 is 0 Å². The van der Waals surface area contributed by atoms with E-state index in [0.717, 1.165) is 24.2 Å². The Hall–Kier alpha value is -2.04. The first-order valence-corrected chi connectivity index (χ1v) is 7.71. The van der Waals surface area contributed by atoms with Gasteiger partial charge in [0.1, 0.15) is 5.75 Å². The summed E-state index contributed by atoms with van der Waals surface area (Å²) in [7, 11) is 1.60. The van der Waals surface area contributed by atoms with E-state index in [2.05, 4.69) is 5.32 Å². The second kappa shape index (κ2) is 10.7. The van der Waals surface area contributed by atoms with Crippen LogP contribution in [0.1, 0.15) is 44.6 Å². The predicted molar refractivity (Wildman–Crippen MR) is 84.6 cm³/mol. The summed E-state index contributed by atoms with van der Waals surface area (Å²) in [6, 6.07) is 7.54. The van der Waals surface area contributed by atoms with Crippen molar-refractivity contribution in [3.63, 3.8) is 0 Å². The van der Waals surface area contributed by atoms with Gasteiger partial charge in [0.25, 0.3) is 0 Å². The van der Waals surface area contributed by atoms with Gasteiger partial charge in [-0.15, -0.1) is 0 Å². The number of benzene rings is 1. The van der Waals surface area contributed by atoms with E-state index in [1.807, 2.05) is 31.2 Å². The summed E-state index contributed by atoms with van der Waals surface area (Å²) >= 11 is 0. The Kier molecular flexibility index (Phi) is 8.72.